The highest BCUT2D eigenvalue weighted by molar-refractivity contribution is 5.70. The Morgan fingerprint density at radius 1 is 1.07 bits per heavy atom. The van der Waals surface area contributed by atoms with Gasteiger partial charge in [0.2, 0.25) is 0 Å². The Labute approximate surface area is 149 Å². The average molecular weight is 380 g/mol. The van der Waals surface area contributed by atoms with E-state index in [1.54, 1.807) is 6.07 Å². The molecule has 0 aliphatic heterocycles. The summed E-state index contributed by atoms with van der Waals surface area (Å²) in [5.41, 5.74) is -1.34. The van der Waals surface area contributed by atoms with Crippen molar-refractivity contribution in [1.82, 2.24) is 15.4 Å². The molecule has 2 aromatic carbocycles. The smallest absolute Gasteiger partial charge is 0.419 e. The fourth-order valence-corrected chi connectivity index (χ4v) is 2.35. The maximum atomic E-state index is 13.6. The van der Waals surface area contributed by atoms with E-state index in [2.05, 4.69) is 15.4 Å². The van der Waals surface area contributed by atoms with Crippen LogP contribution in [0, 0.1) is 23.0 Å². The van der Waals surface area contributed by atoms with Crippen molar-refractivity contribution < 1.29 is 26.7 Å². The van der Waals surface area contributed by atoms with Gasteiger partial charge in [-0.2, -0.15) is 28.7 Å². The van der Waals surface area contributed by atoms with Gasteiger partial charge in [-0.15, -0.1) is 5.10 Å². The van der Waals surface area contributed by atoms with Crippen molar-refractivity contribution in [1.29, 1.82) is 5.26 Å². The summed E-state index contributed by atoms with van der Waals surface area (Å²) >= 11 is 0. The van der Waals surface area contributed by atoms with Crippen LogP contribution in [-0.4, -0.2) is 15.4 Å². The van der Waals surface area contributed by atoms with Gasteiger partial charge in [0.05, 0.1) is 11.1 Å². The minimum Gasteiger partial charge on any atom is -0.488 e. The molecule has 0 bridgehead atoms. The number of nitriles is 1. The summed E-state index contributed by atoms with van der Waals surface area (Å²) in [5, 5.41) is 18.6. The van der Waals surface area contributed by atoms with Gasteiger partial charge >= 0.3 is 6.18 Å². The summed E-state index contributed by atoms with van der Waals surface area (Å²) in [6.07, 6.45) is -4.84. The zero-order valence-corrected chi connectivity index (χ0v) is 13.3. The van der Waals surface area contributed by atoms with E-state index in [4.69, 9.17) is 10.00 Å². The minimum absolute atomic E-state index is 0.0297. The number of aromatic amines is 1. The van der Waals surface area contributed by atoms with E-state index < -0.39 is 23.4 Å². The first-order valence-corrected chi connectivity index (χ1v) is 7.39. The monoisotopic (exact) mass is 380 g/mol. The molecule has 1 aromatic heterocycles. The summed E-state index contributed by atoms with van der Waals surface area (Å²) in [7, 11) is 0. The van der Waals surface area contributed by atoms with Crippen molar-refractivity contribution >= 4 is 0 Å². The number of halogens is 5. The molecule has 0 unspecified atom stereocenters. The molecule has 1 N–H and O–H groups in total. The Balaban J connectivity index is 1.91. The van der Waals surface area contributed by atoms with Crippen molar-refractivity contribution in [2.75, 3.05) is 0 Å². The van der Waals surface area contributed by atoms with Crippen molar-refractivity contribution in [3.63, 3.8) is 0 Å². The maximum absolute atomic E-state index is 13.6. The lowest BCUT2D eigenvalue weighted by Gasteiger charge is -2.13. The van der Waals surface area contributed by atoms with E-state index in [0.29, 0.717) is 12.1 Å². The van der Waals surface area contributed by atoms with Gasteiger partial charge in [-0.1, -0.05) is 6.07 Å². The van der Waals surface area contributed by atoms with Crippen LogP contribution in [0.5, 0.6) is 5.75 Å². The van der Waals surface area contributed by atoms with Gasteiger partial charge in [0, 0.05) is 0 Å². The van der Waals surface area contributed by atoms with Crippen LogP contribution in [0.1, 0.15) is 16.8 Å². The summed E-state index contributed by atoms with van der Waals surface area (Å²) < 4.78 is 70.8. The predicted molar refractivity (Wildman–Crippen MR) is 82.2 cm³/mol. The lowest BCUT2D eigenvalue weighted by Crippen LogP contribution is -2.09. The van der Waals surface area contributed by atoms with Gasteiger partial charge in [-0.05, 0) is 35.9 Å². The second-order valence-corrected chi connectivity index (χ2v) is 5.37. The van der Waals surface area contributed by atoms with Crippen molar-refractivity contribution in [2.45, 2.75) is 12.8 Å². The lowest BCUT2D eigenvalue weighted by molar-refractivity contribution is -0.140. The molecule has 0 radical (unpaired) electrons. The minimum atomic E-state index is -4.84. The first-order chi connectivity index (χ1) is 12.8. The van der Waals surface area contributed by atoms with Gasteiger partial charge in [-0.25, -0.2) is 8.78 Å². The molecule has 27 heavy (non-hydrogen) atoms. The molecule has 5 nitrogen and oxygen atoms in total. The molecule has 3 aromatic rings. The number of H-pyrrole nitrogens is 1. The Morgan fingerprint density at radius 3 is 2.56 bits per heavy atom. The van der Waals surface area contributed by atoms with E-state index >= 15 is 0 Å². The number of nitrogens with zero attached hydrogens (tertiary/aromatic N) is 3. The Morgan fingerprint density at radius 2 is 1.85 bits per heavy atom. The van der Waals surface area contributed by atoms with E-state index in [9.17, 15) is 22.0 Å². The number of ether oxygens (including phenoxy) is 1. The van der Waals surface area contributed by atoms with Crippen molar-refractivity contribution in [3.8, 4) is 23.1 Å². The molecule has 0 saturated heterocycles. The quantitative estimate of drug-likeness (QED) is 0.688. The molecule has 3 rings (SSSR count). The highest BCUT2D eigenvalue weighted by atomic mass is 19.4. The number of hydrogen-bond acceptors (Lipinski definition) is 4. The number of alkyl halides is 3. The second kappa shape index (κ2) is 7.03. The number of nitrogens with one attached hydrogen (secondary N) is 1. The molecule has 0 atom stereocenters. The predicted octanol–water partition coefficient (Wildman–Crippen LogP) is 4.22. The lowest BCUT2D eigenvalue weighted by atomic mass is 10.1. The number of rotatable bonds is 4. The van der Waals surface area contributed by atoms with Gasteiger partial charge in [0.1, 0.15) is 35.8 Å². The van der Waals surface area contributed by atoms with Crippen LogP contribution in [0.2, 0.25) is 0 Å². The fourth-order valence-electron chi connectivity index (χ4n) is 2.35. The molecule has 0 aliphatic rings. The number of hydrogen-bond donors (Lipinski definition) is 1. The van der Waals surface area contributed by atoms with Gasteiger partial charge in [0.25, 0.3) is 0 Å². The standard InChI is InChI=1S/C17H9F5N4O/c18-10-2-4-15(11(6-10)16-14(7-23)24-26-25-16)27-8-9-1-3-13(19)12(5-9)17(20,21)22/h1-6H,8H2,(H,24,25,26). The molecule has 138 valence electrons. The highest BCUT2D eigenvalue weighted by Gasteiger charge is 2.34. The molecule has 1 heterocycles. The molecular formula is C17H9F5N4O. The SMILES string of the molecule is N#Cc1n[nH]nc1-c1cc(F)ccc1OCc1ccc(F)c(C(F)(F)F)c1. The van der Waals surface area contributed by atoms with Crippen LogP contribution >= 0.6 is 0 Å². The van der Waals surface area contributed by atoms with Gasteiger partial charge in [-0.3, -0.25) is 0 Å². The Hall–Kier alpha value is -3.48. The van der Waals surface area contributed by atoms with E-state index in [0.717, 1.165) is 18.2 Å². The van der Waals surface area contributed by atoms with Crippen LogP contribution in [-0.2, 0) is 12.8 Å². The van der Waals surface area contributed by atoms with Gasteiger partial charge in [0.15, 0.2) is 5.69 Å². The number of aromatic nitrogens is 3. The average Bonchev–Trinajstić information content (AvgIpc) is 3.09. The third-order valence-electron chi connectivity index (χ3n) is 3.58. The molecule has 0 aliphatic carbocycles. The van der Waals surface area contributed by atoms with E-state index in [1.807, 2.05) is 0 Å². The second-order valence-electron chi connectivity index (χ2n) is 5.37. The highest BCUT2D eigenvalue weighted by Crippen LogP contribution is 2.33. The molecular weight excluding hydrogens is 371 g/mol. The summed E-state index contributed by atoms with van der Waals surface area (Å²) in [6.45, 7) is -0.346. The normalized spacial score (nSPS) is 11.3. The molecule has 0 fully saturated rings. The molecule has 0 amide bonds. The summed E-state index contributed by atoms with van der Waals surface area (Å²) in [5.74, 6) is -1.96. The van der Waals surface area contributed by atoms with Crippen LogP contribution in [0.15, 0.2) is 36.4 Å². The third kappa shape index (κ3) is 3.87. The van der Waals surface area contributed by atoms with E-state index in [1.165, 1.54) is 6.07 Å². The maximum Gasteiger partial charge on any atom is 0.419 e. The van der Waals surface area contributed by atoms with Crippen molar-refractivity contribution in [3.05, 3.63) is 64.9 Å². The van der Waals surface area contributed by atoms with Crippen LogP contribution in [0.4, 0.5) is 22.0 Å². The third-order valence-corrected chi connectivity index (χ3v) is 3.58. The summed E-state index contributed by atoms with van der Waals surface area (Å²) in [6, 6.07) is 7.63. The number of benzene rings is 2. The molecule has 0 saturated carbocycles. The van der Waals surface area contributed by atoms with E-state index in [-0.39, 0.29) is 34.9 Å². The van der Waals surface area contributed by atoms with Crippen LogP contribution in [0.25, 0.3) is 11.3 Å². The topological polar surface area (TPSA) is 74.6 Å². The fraction of sp³-hybridized carbons (Fsp3) is 0.118. The van der Waals surface area contributed by atoms with Crippen LogP contribution < -0.4 is 4.74 Å². The van der Waals surface area contributed by atoms with Gasteiger partial charge < -0.3 is 4.74 Å². The molecule has 10 heteroatoms. The Bertz CT molecular complexity index is 1020. The first kappa shape index (κ1) is 18.3. The first-order valence-electron chi connectivity index (χ1n) is 7.39. The Kier molecular flexibility index (Phi) is 4.77. The summed E-state index contributed by atoms with van der Waals surface area (Å²) in [4.78, 5) is 0. The zero-order chi connectivity index (χ0) is 19.6. The zero-order valence-electron chi connectivity index (χ0n) is 13.3. The largest absolute Gasteiger partial charge is 0.488 e. The van der Waals surface area contributed by atoms with Crippen LogP contribution in [0.3, 0.4) is 0 Å². The van der Waals surface area contributed by atoms with Crippen molar-refractivity contribution in [2.24, 2.45) is 0 Å². The molecule has 0 spiro atoms.